The first-order chi connectivity index (χ1) is 14.6. The van der Waals surface area contributed by atoms with Gasteiger partial charge in [-0.1, -0.05) is 24.3 Å². The number of hydrogen-bond donors (Lipinski definition) is 1. The van der Waals surface area contributed by atoms with Crippen LogP contribution in [0.3, 0.4) is 0 Å². The third kappa shape index (κ3) is 4.42. The fourth-order valence-electron chi connectivity index (χ4n) is 3.60. The van der Waals surface area contributed by atoms with Gasteiger partial charge in [-0.05, 0) is 36.4 Å². The smallest absolute Gasteiger partial charge is 0.261 e. The molecule has 3 aromatic rings. The van der Waals surface area contributed by atoms with Crippen LogP contribution < -0.4 is 0 Å². The number of rotatable bonds is 8. The van der Waals surface area contributed by atoms with Crippen molar-refractivity contribution in [1.82, 2.24) is 19.8 Å². The van der Waals surface area contributed by atoms with E-state index < -0.39 is 6.10 Å². The normalized spacial score (nSPS) is 14.3. The summed E-state index contributed by atoms with van der Waals surface area (Å²) < 4.78 is 0. The molecule has 1 aliphatic rings. The van der Waals surface area contributed by atoms with E-state index in [-0.39, 0.29) is 24.9 Å². The SMILES string of the molecule is O=C1c2ccccc2C(=O)N1CC(O)CN(Cc1ccccn1)Cc1ccccn1. The summed E-state index contributed by atoms with van der Waals surface area (Å²) in [5.74, 6) is -0.730. The van der Waals surface area contributed by atoms with E-state index in [1.54, 1.807) is 36.7 Å². The van der Waals surface area contributed by atoms with E-state index in [1.165, 1.54) is 0 Å². The predicted molar refractivity (Wildman–Crippen MR) is 110 cm³/mol. The van der Waals surface area contributed by atoms with Gasteiger partial charge in [-0.3, -0.25) is 29.4 Å². The molecule has 152 valence electrons. The van der Waals surface area contributed by atoms with Crippen LogP contribution in [0.25, 0.3) is 0 Å². The number of hydrogen-bond acceptors (Lipinski definition) is 6. The molecule has 0 bridgehead atoms. The highest BCUT2D eigenvalue weighted by atomic mass is 16.3. The molecule has 1 atom stereocenters. The Hall–Kier alpha value is -3.42. The number of nitrogens with zero attached hydrogens (tertiary/aromatic N) is 4. The Balaban J connectivity index is 1.45. The van der Waals surface area contributed by atoms with E-state index in [0.717, 1.165) is 16.3 Å². The third-order valence-electron chi connectivity index (χ3n) is 4.96. The summed E-state index contributed by atoms with van der Waals surface area (Å²) in [7, 11) is 0. The van der Waals surface area contributed by atoms with Gasteiger partial charge in [0.05, 0.1) is 35.2 Å². The number of pyridine rings is 2. The molecule has 0 spiro atoms. The molecule has 0 saturated heterocycles. The summed E-state index contributed by atoms with van der Waals surface area (Å²) in [6.45, 7) is 1.22. The maximum atomic E-state index is 12.6. The molecular weight excluding hydrogens is 380 g/mol. The molecule has 0 fully saturated rings. The van der Waals surface area contributed by atoms with E-state index in [0.29, 0.717) is 24.2 Å². The van der Waals surface area contributed by atoms with Gasteiger partial charge in [-0.25, -0.2) is 0 Å². The minimum absolute atomic E-state index is 0.0622. The molecule has 0 aliphatic carbocycles. The molecule has 1 unspecified atom stereocenters. The Kier molecular flexibility index (Phi) is 5.92. The molecule has 2 amide bonds. The first kappa shape index (κ1) is 19.9. The van der Waals surface area contributed by atoms with Gasteiger partial charge in [0.25, 0.3) is 11.8 Å². The summed E-state index contributed by atoms with van der Waals surface area (Å²) in [5, 5.41) is 10.7. The Morgan fingerprint density at radius 1 is 0.800 bits per heavy atom. The highest BCUT2D eigenvalue weighted by molar-refractivity contribution is 6.21. The number of imide groups is 1. The number of benzene rings is 1. The van der Waals surface area contributed by atoms with Crippen LogP contribution in [0.4, 0.5) is 0 Å². The number of carbonyl (C=O) groups is 2. The van der Waals surface area contributed by atoms with Gasteiger partial charge in [0, 0.05) is 32.0 Å². The number of fused-ring (bicyclic) bond motifs is 1. The molecule has 0 saturated carbocycles. The van der Waals surface area contributed by atoms with Crippen LogP contribution in [0.15, 0.2) is 73.1 Å². The fourth-order valence-corrected chi connectivity index (χ4v) is 3.60. The minimum atomic E-state index is -0.903. The van der Waals surface area contributed by atoms with Crippen molar-refractivity contribution in [2.24, 2.45) is 0 Å². The average Bonchev–Trinajstić information content (AvgIpc) is 3.00. The minimum Gasteiger partial charge on any atom is -0.390 e. The van der Waals surface area contributed by atoms with Gasteiger partial charge in [0.15, 0.2) is 0 Å². The van der Waals surface area contributed by atoms with Crippen molar-refractivity contribution in [3.63, 3.8) is 0 Å². The van der Waals surface area contributed by atoms with E-state index >= 15 is 0 Å². The van der Waals surface area contributed by atoms with E-state index in [4.69, 9.17) is 0 Å². The Morgan fingerprint density at radius 2 is 1.30 bits per heavy atom. The van der Waals surface area contributed by atoms with Crippen molar-refractivity contribution >= 4 is 11.8 Å². The van der Waals surface area contributed by atoms with Gasteiger partial charge in [0.1, 0.15) is 0 Å². The fraction of sp³-hybridized carbons (Fsp3) is 0.217. The average molecular weight is 402 g/mol. The van der Waals surface area contributed by atoms with Crippen molar-refractivity contribution in [3.05, 3.63) is 95.6 Å². The monoisotopic (exact) mass is 402 g/mol. The number of aliphatic hydroxyl groups is 1. The molecule has 7 heteroatoms. The molecular formula is C23H22N4O3. The lowest BCUT2D eigenvalue weighted by Gasteiger charge is -2.26. The third-order valence-corrected chi connectivity index (χ3v) is 4.96. The van der Waals surface area contributed by atoms with Crippen LogP contribution >= 0.6 is 0 Å². The van der Waals surface area contributed by atoms with Crippen LogP contribution in [0.2, 0.25) is 0 Å². The van der Waals surface area contributed by atoms with Gasteiger partial charge >= 0.3 is 0 Å². The summed E-state index contributed by atoms with van der Waals surface area (Å²) in [4.78, 5) is 37.0. The van der Waals surface area contributed by atoms with Gasteiger partial charge < -0.3 is 5.11 Å². The van der Waals surface area contributed by atoms with Crippen LogP contribution in [0, 0.1) is 0 Å². The number of aromatic nitrogens is 2. The number of aliphatic hydroxyl groups excluding tert-OH is 1. The van der Waals surface area contributed by atoms with Crippen LogP contribution in [0.1, 0.15) is 32.1 Å². The zero-order valence-electron chi connectivity index (χ0n) is 16.4. The topological polar surface area (TPSA) is 86.6 Å². The molecule has 4 rings (SSSR count). The Morgan fingerprint density at radius 3 is 1.77 bits per heavy atom. The van der Waals surface area contributed by atoms with Gasteiger partial charge in [0.2, 0.25) is 0 Å². The standard InChI is InChI=1S/C23H22N4O3/c28-19(16-27-22(29)20-9-1-2-10-21(20)23(27)30)15-26(13-17-7-3-5-11-24-17)14-18-8-4-6-12-25-18/h1-12,19,28H,13-16H2. The van der Waals surface area contributed by atoms with Crippen molar-refractivity contribution in [2.75, 3.05) is 13.1 Å². The second-order valence-electron chi connectivity index (χ2n) is 7.23. The molecule has 2 aromatic heterocycles. The predicted octanol–water partition coefficient (Wildman–Crippen LogP) is 2.14. The van der Waals surface area contributed by atoms with Crippen molar-refractivity contribution < 1.29 is 14.7 Å². The summed E-state index contributed by atoms with van der Waals surface area (Å²) >= 11 is 0. The van der Waals surface area contributed by atoms with E-state index in [2.05, 4.69) is 9.97 Å². The molecule has 3 heterocycles. The van der Waals surface area contributed by atoms with E-state index in [9.17, 15) is 14.7 Å². The second kappa shape index (κ2) is 8.94. The zero-order chi connectivity index (χ0) is 20.9. The quantitative estimate of drug-likeness (QED) is 0.581. The zero-order valence-corrected chi connectivity index (χ0v) is 16.4. The maximum absolute atomic E-state index is 12.6. The van der Waals surface area contributed by atoms with E-state index in [1.807, 2.05) is 41.3 Å². The number of carbonyl (C=O) groups excluding carboxylic acids is 2. The lowest BCUT2D eigenvalue weighted by atomic mass is 10.1. The highest BCUT2D eigenvalue weighted by Crippen LogP contribution is 2.22. The summed E-state index contributed by atoms with van der Waals surface area (Å²) in [6.07, 6.45) is 2.55. The number of amides is 2. The van der Waals surface area contributed by atoms with Crippen LogP contribution in [-0.2, 0) is 13.1 Å². The largest absolute Gasteiger partial charge is 0.390 e. The molecule has 1 aliphatic heterocycles. The lowest BCUT2D eigenvalue weighted by molar-refractivity contribution is 0.0455. The second-order valence-corrected chi connectivity index (χ2v) is 7.23. The molecule has 7 nitrogen and oxygen atoms in total. The molecule has 0 radical (unpaired) electrons. The Labute approximate surface area is 174 Å². The summed E-state index contributed by atoms with van der Waals surface area (Å²) in [5.41, 5.74) is 2.49. The summed E-state index contributed by atoms with van der Waals surface area (Å²) in [6, 6.07) is 18.1. The van der Waals surface area contributed by atoms with Crippen molar-refractivity contribution in [2.45, 2.75) is 19.2 Å². The molecule has 1 N–H and O–H groups in total. The molecule has 30 heavy (non-hydrogen) atoms. The van der Waals surface area contributed by atoms with Crippen molar-refractivity contribution in [3.8, 4) is 0 Å². The number of β-amino-alcohol motifs (C(OH)–C–C–N with tert-alkyl or cyclic N) is 1. The highest BCUT2D eigenvalue weighted by Gasteiger charge is 2.36. The van der Waals surface area contributed by atoms with Crippen LogP contribution in [0.5, 0.6) is 0 Å². The van der Waals surface area contributed by atoms with Gasteiger partial charge in [-0.2, -0.15) is 0 Å². The van der Waals surface area contributed by atoms with Crippen molar-refractivity contribution in [1.29, 1.82) is 0 Å². The van der Waals surface area contributed by atoms with Gasteiger partial charge in [-0.15, -0.1) is 0 Å². The Bertz CT molecular complexity index is 950. The lowest BCUT2D eigenvalue weighted by Crippen LogP contribution is -2.42. The maximum Gasteiger partial charge on any atom is 0.261 e. The molecule has 1 aromatic carbocycles. The first-order valence-electron chi connectivity index (χ1n) is 9.77. The van der Waals surface area contributed by atoms with Crippen LogP contribution in [-0.4, -0.2) is 55.9 Å². The first-order valence-corrected chi connectivity index (χ1v) is 9.77.